The molecule has 0 aliphatic carbocycles. The lowest BCUT2D eigenvalue weighted by Crippen LogP contribution is -2.48. The lowest BCUT2D eigenvalue weighted by molar-refractivity contribution is 0.410. The monoisotopic (exact) mass is 571 g/mol. The molecule has 0 saturated carbocycles. The normalized spacial score (nSPS) is 13.9. The number of likely N-dealkylation sites (N-methyl/N-ethyl adjacent to an activating group) is 1. The van der Waals surface area contributed by atoms with Crippen molar-refractivity contribution < 1.29 is 0 Å². The van der Waals surface area contributed by atoms with Crippen molar-refractivity contribution in [1.82, 2.24) is 16.0 Å². The Labute approximate surface area is 259 Å². The van der Waals surface area contributed by atoms with E-state index in [-0.39, 0.29) is 0 Å². The van der Waals surface area contributed by atoms with Crippen molar-refractivity contribution in [2.45, 2.75) is 58.0 Å². The molecule has 5 aromatic rings. The van der Waals surface area contributed by atoms with E-state index < -0.39 is 0 Å². The molecule has 1 unspecified atom stereocenters. The predicted molar refractivity (Wildman–Crippen MR) is 186 cm³/mol. The smallest absolute Gasteiger partial charge is 0.0233 e. The first-order chi connectivity index (χ1) is 21.0. The highest BCUT2D eigenvalue weighted by Gasteiger charge is 2.16. The van der Waals surface area contributed by atoms with Crippen molar-refractivity contribution >= 4 is 21.5 Å². The molecule has 224 valence electrons. The number of rotatable bonds is 15. The summed E-state index contributed by atoms with van der Waals surface area (Å²) in [5.41, 5.74) is 5.59. The van der Waals surface area contributed by atoms with Crippen LogP contribution in [0.5, 0.6) is 0 Å². The zero-order valence-electron chi connectivity index (χ0n) is 26.4. The summed E-state index contributed by atoms with van der Waals surface area (Å²) in [7, 11) is 2.05. The molecular formula is C40H49N3. The molecule has 0 aliphatic heterocycles. The molecule has 0 heterocycles. The fraction of sp³-hybridized carbons (Fsp3) is 0.350. The molecule has 0 fully saturated rings. The van der Waals surface area contributed by atoms with E-state index in [9.17, 15) is 0 Å². The number of hydrogen-bond acceptors (Lipinski definition) is 3. The highest BCUT2D eigenvalue weighted by molar-refractivity contribution is 5.83. The summed E-state index contributed by atoms with van der Waals surface area (Å²) < 4.78 is 0. The van der Waals surface area contributed by atoms with Gasteiger partial charge in [-0.25, -0.2) is 0 Å². The molecule has 3 heteroatoms. The zero-order valence-corrected chi connectivity index (χ0v) is 26.4. The first-order valence-corrected chi connectivity index (χ1v) is 16.1. The standard InChI is InChI=1S/C40H49N3/c1-29(2)21-31-13-17-34(18-14-31)30(3)26-42-40(25-33-16-20-36-10-6-8-12-38(36)23-33)28-43-39(27-41-4)24-32-15-19-35-9-5-7-11-37(35)22-32/h5-20,22-23,29-30,39-43H,21,24-28H2,1-4H3/t30?,39-,40-/m0/s1. The van der Waals surface area contributed by atoms with E-state index in [1.807, 2.05) is 7.05 Å². The summed E-state index contributed by atoms with van der Waals surface area (Å²) in [6, 6.07) is 41.0. The Morgan fingerprint density at radius 3 is 1.51 bits per heavy atom. The number of benzene rings is 5. The van der Waals surface area contributed by atoms with Gasteiger partial charge in [-0.05, 0) is 81.9 Å². The van der Waals surface area contributed by atoms with Gasteiger partial charge in [0.05, 0.1) is 0 Å². The summed E-state index contributed by atoms with van der Waals surface area (Å²) in [6.45, 7) is 9.70. The van der Waals surface area contributed by atoms with Crippen molar-refractivity contribution in [2.24, 2.45) is 5.92 Å². The van der Waals surface area contributed by atoms with Crippen LogP contribution in [0.3, 0.4) is 0 Å². The van der Waals surface area contributed by atoms with E-state index in [0.717, 1.165) is 38.9 Å². The van der Waals surface area contributed by atoms with Crippen molar-refractivity contribution in [3.63, 3.8) is 0 Å². The third kappa shape index (κ3) is 9.00. The van der Waals surface area contributed by atoms with Crippen molar-refractivity contribution in [2.75, 3.05) is 26.7 Å². The highest BCUT2D eigenvalue weighted by atomic mass is 15.0. The Kier molecular flexibility index (Phi) is 11.0. The summed E-state index contributed by atoms with van der Waals surface area (Å²) >= 11 is 0. The minimum absolute atomic E-state index is 0.319. The lowest BCUT2D eigenvalue weighted by Gasteiger charge is -2.26. The van der Waals surface area contributed by atoms with Gasteiger partial charge in [0, 0.05) is 31.7 Å². The van der Waals surface area contributed by atoms with E-state index in [0.29, 0.717) is 23.9 Å². The minimum Gasteiger partial charge on any atom is -0.318 e. The first kappa shape index (κ1) is 30.9. The van der Waals surface area contributed by atoms with Gasteiger partial charge in [0.1, 0.15) is 0 Å². The van der Waals surface area contributed by atoms with Crippen LogP contribution in [0.15, 0.2) is 109 Å². The van der Waals surface area contributed by atoms with Gasteiger partial charge >= 0.3 is 0 Å². The molecule has 0 radical (unpaired) electrons. The van der Waals surface area contributed by atoms with E-state index in [4.69, 9.17) is 0 Å². The van der Waals surface area contributed by atoms with Gasteiger partial charge in [-0.3, -0.25) is 0 Å². The van der Waals surface area contributed by atoms with E-state index in [1.165, 1.54) is 43.8 Å². The Morgan fingerprint density at radius 1 is 0.488 bits per heavy atom. The van der Waals surface area contributed by atoms with Gasteiger partial charge in [-0.1, -0.05) is 130 Å². The van der Waals surface area contributed by atoms with Gasteiger partial charge in [0.2, 0.25) is 0 Å². The second-order valence-electron chi connectivity index (χ2n) is 12.8. The summed E-state index contributed by atoms with van der Waals surface area (Å²) in [5.74, 6) is 1.12. The highest BCUT2D eigenvalue weighted by Crippen LogP contribution is 2.20. The minimum atomic E-state index is 0.319. The van der Waals surface area contributed by atoms with Crippen LogP contribution >= 0.6 is 0 Å². The van der Waals surface area contributed by atoms with Gasteiger partial charge in [0.25, 0.3) is 0 Å². The van der Waals surface area contributed by atoms with Crippen molar-refractivity contribution in [3.05, 3.63) is 131 Å². The van der Waals surface area contributed by atoms with Crippen LogP contribution in [-0.4, -0.2) is 38.8 Å². The quantitative estimate of drug-likeness (QED) is 0.119. The molecule has 3 atom stereocenters. The van der Waals surface area contributed by atoms with E-state index >= 15 is 0 Å². The molecule has 0 aliphatic rings. The Morgan fingerprint density at radius 2 is 0.977 bits per heavy atom. The Balaban J connectivity index is 1.27. The summed E-state index contributed by atoms with van der Waals surface area (Å²) in [5, 5.41) is 16.5. The zero-order chi connectivity index (χ0) is 30.0. The predicted octanol–water partition coefficient (Wildman–Crippen LogP) is 7.92. The lowest BCUT2D eigenvalue weighted by atomic mass is 9.96. The molecule has 5 rings (SSSR count). The third-order valence-electron chi connectivity index (χ3n) is 8.60. The molecule has 0 spiro atoms. The molecule has 43 heavy (non-hydrogen) atoms. The second-order valence-corrected chi connectivity index (χ2v) is 12.8. The van der Waals surface area contributed by atoms with Crippen LogP contribution in [0.4, 0.5) is 0 Å². The Bertz CT molecular complexity index is 1570. The Hall–Kier alpha value is -3.50. The number of hydrogen-bond donors (Lipinski definition) is 3. The molecule has 3 N–H and O–H groups in total. The van der Waals surface area contributed by atoms with Gasteiger partial charge in [-0.15, -0.1) is 0 Å². The van der Waals surface area contributed by atoms with Gasteiger partial charge in [-0.2, -0.15) is 0 Å². The number of nitrogens with one attached hydrogen (secondary N) is 3. The topological polar surface area (TPSA) is 36.1 Å². The molecule has 5 aromatic carbocycles. The first-order valence-electron chi connectivity index (χ1n) is 16.1. The number of fused-ring (bicyclic) bond motifs is 2. The van der Waals surface area contributed by atoms with Crippen molar-refractivity contribution in [1.29, 1.82) is 0 Å². The maximum atomic E-state index is 3.96. The molecule has 0 aromatic heterocycles. The fourth-order valence-corrected chi connectivity index (χ4v) is 6.20. The van der Waals surface area contributed by atoms with Crippen LogP contribution in [0.1, 0.15) is 48.9 Å². The second kappa shape index (κ2) is 15.3. The fourth-order valence-electron chi connectivity index (χ4n) is 6.20. The van der Waals surface area contributed by atoms with Crippen molar-refractivity contribution in [3.8, 4) is 0 Å². The summed E-state index contributed by atoms with van der Waals surface area (Å²) in [4.78, 5) is 0. The summed E-state index contributed by atoms with van der Waals surface area (Å²) in [6.07, 6.45) is 3.12. The SMILES string of the molecule is CNC[C@H](Cc1ccc2ccccc2c1)NC[C@H](Cc1ccc2ccccc2c1)NCC(C)c1ccc(CC(C)C)cc1. The van der Waals surface area contributed by atoms with Crippen LogP contribution in [-0.2, 0) is 19.3 Å². The molecule has 0 amide bonds. The van der Waals surface area contributed by atoms with E-state index in [2.05, 4.69) is 146 Å². The average molecular weight is 572 g/mol. The largest absolute Gasteiger partial charge is 0.318 e. The molecular weight excluding hydrogens is 522 g/mol. The van der Waals surface area contributed by atoms with Crippen LogP contribution in [0, 0.1) is 5.92 Å². The van der Waals surface area contributed by atoms with Crippen LogP contribution in [0.25, 0.3) is 21.5 Å². The van der Waals surface area contributed by atoms with Gasteiger partial charge in [0.15, 0.2) is 0 Å². The third-order valence-corrected chi connectivity index (χ3v) is 8.60. The average Bonchev–Trinajstić information content (AvgIpc) is 3.02. The molecule has 0 bridgehead atoms. The van der Waals surface area contributed by atoms with Crippen LogP contribution < -0.4 is 16.0 Å². The maximum absolute atomic E-state index is 3.96. The van der Waals surface area contributed by atoms with E-state index in [1.54, 1.807) is 0 Å². The maximum Gasteiger partial charge on any atom is 0.0233 e. The molecule has 0 saturated heterocycles. The van der Waals surface area contributed by atoms with Crippen LogP contribution in [0.2, 0.25) is 0 Å². The van der Waals surface area contributed by atoms with Gasteiger partial charge < -0.3 is 16.0 Å². The molecule has 3 nitrogen and oxygen atoms in total.